The molecule has 4 N–H and O–H groups in total. The van der Waals surface area contributed by atoms with Crippen molar-refractivity contribution in [2.75, 3.05) is 13.2 Å². The number of hydrogen-bond acceptors (Lipinski definition) is 7. The molecule has 0 heterocycles. The average molecular weight is 341 g/mol. The van der Waals surface area contributed by atoms with E-state index in [0.717, 1.165) is 0 Å². The van der Waals surface area contributed by atoms with Crippen LogP contribution in [-0.4, -0.2) is 40.5 Å². The zero-order chi connectivity index (χ0) is 16.0. The quantitative estimate of drug-likeness (QED) is 0.290. The van der Waals surface area contributed by atoms with E-state index in [1.54, 1.807) is 0 Å². The molecule has 0 spiro atoms. The van der Waals surface area contributed by atoms with Crippen LogP contribution < -0.4 is 39.8 Å². The SMILES string of the molecule is CCOP(=O)([O-])C(NC(CO)C(=O)O)c1ccccc1O.[Na+]. The molecule has 3 atom stereocenters. The van der Waals surface area contributed by atoms with Gasteiger partial charge in [-0.2, -0.15) is 0 Å². The van der Waals surface area contributed by atoms with E-state index in [-0.39, 0.29) is 47.5 Å². The number of benzene rings is 1. The second kappa shape index (κ2) is 9.64. The molecule has 8 nitrogen and oxygen atoms in total. The Morgan fingerprint density at radius 3 is 2.50 bits per heavy atom. The van der Waals surface area contributed by atoms with Crippen LogP contribution in [0, 0.1) is 0 Å². The normalized spacial score (nSPS) is 16.1. The average Bonchev–Trinajstić information content (AvgIpc) is 2.40. The van der Waals surface area contributed by atoms with Crippen LogP contribution >= 0.6 is 7.60 Å². The molecule has 10 heteroatoms. The summed E-state index contributed by atoms with van der Waals surface area (Å²) < 4.78 is 16.8. The van der Waals surface area contributed by atoms with Gasteiger partial charge >= 0.3 is 35.5 Å². The fourth-order valence-corrected chi connectivity index (χ4v) is 3.15. The summed E-state index contributed by atoms with van der Waals surface area (Å²) in [6.07, 6.45) is 0. The molecule has 3 unspecified atom stereocenters. The molecular formula is C12H17NNaO7P. The summed E-state index contributed by atoms with van der Waals surface area (Å²) in [5.74, 6) is -3.34. The van der Waals surface area contributed by atoms with Crippen molar-refractivity contribution in [1.29, 1.82) is 0 Å². The molecule has 1 aromatic rings. The van der Waals surface area contributed by atoms with Gasteiger partial charge in [-0.3, -0.25) is 10.1 Å². The molecule has 0 amide bonds. The standard InChI is InChI=1S/C12H18NO7P.Na/c1-2-20-21(18,19)11(13-9(7-14)12(16)17)8-5-3-4-6-10(8)15;/h3-6,9,11,13-15H,2,7H2,1H3,(H,16,17)(H,18,19);/q;+1/p-1. The molecule has 118 valence electrons. The van der Waals surface area contributed by atoms with E-state index in [9.17, 15) is 19.4 Å². The number of nitrogens with one attached hydrogen (secondary N) is 1. The molecule has 0 aliphatic heterocycles. The predicted octanol–water partition coefficient (Wildman–Crippen LogP) is -2.98. The van der Waals surface area contributed by atoms with Crippen molar-refractivity contribution in [3.63, 3.8) is 0 Å². The summed E-state index contributed by atoms with van der Waals surface area (Å²) in [5.41, 5.74) is -0.0519. The molecule has 0 saturated carbocycles. The fraction of sp³-hybridized carbons (Fsp3) is 0.417. The second-order valence-electron chi connectivity index (χ2n) is 4.16. The minimum absolute atomic E-state index is 0. The first-order valence-electron chi connectivity index (χ1n) is 6.16. The van der Waals surface area contributed by atoms with Gasteiger partial charge in [0.2, 0.25) is 0 Å². The Labute approximate surface area is 149 Å². The molecule has 0 fully saturated rings. The third kappa shape index (κ3) is 5.64. The molecule has 0 aliphatic carbocycles. The number of phenolic OH excluding ortho intramolecular Hbond substituents is 1. The molecule has 1 aromatic carbocycles. The minimum atomic E-state index is -4.55. The molecule has 0 radical (unpaired) electrons. The molecule has 0 aromatic heterocycles. The minimum Gasteiger partial charge on any atom is -0.777 e. The topological polar surface area (TPSA) is 139 Å². The number of para-hydroxylation sites is 1. The van der Waals surface area contributed by atoms with Crippen LogP contribution in [0.5, 0.6) is 5.75 Å². The molecular weight excluding hydrogens is 324 g/mol. The molecule has 0 saturated heterocycles. The number of aromatic hydroxyl groups is 1. The summed E-state index contributed by atoms with van der Waals surface area (Å²) in [4.78, 5) is 23.1. The maximum atomic E-state index is 12.1. The van der Waals surface area contributed by atoms with Crippen molar-refractivity contribution in [2.45, 2.75) is 18.7 Å². The summed E-state index contributed by atoms with van der Waals surface area (Å²) in [6, 6.07) is 4.06. The maximum absolute atomic E-state index is 12.1. The van der Waals surface area contributed by atoms with E-state index in [0.29, 0.717) is 0 Å². The van der Waals surface area contributed by atoms with Crippen LogP contribution in [0.4, 0.5) is 0 Å². The number of carbonyl (C=O) groups is 1. The van der Waals surface area contributed by atoms with Crippen LogP contribution in [0.3, 0.4) is 0 Å². The van der Waals surface area contributed by atoms with Gasteiger partial charge in [0.15, 0.2) is 7.60 Å². The van der Waals surface area contributed by atoms with E-state index in [2.05, 4.69) is 9.84 Å². The third-order valence-corrected chi connectivity index (χ3v) is 4.37. The predicted molar refractivity (Wildman–Crippen MR) is 71.7 cm³/mol. The number of hydrogen-bond donors (Lipinski definition) is 4. The number of phenols is 1. The van der Waals surface area contributed by atoms with Crippen molar-refractivity contribution < 1.29 is 63.7 Å². The smallest absolute Gasteiger partial charge is 0.777 e. The van der Waals surface area contributed by atoms with Gasteiger partial charge in [0.05, 0.1) is 13.2 Å². The third-order valence-electron chi connectivity index (χ3n) is 2.70. The molecule has 22 heavy (non-hydrogen) atoms. The number of carboxylic acid groups (broad SMARTS) is 1. The number of aliphatic hydroxyl groups excluding tert-OH is 1. The number of aliphatic carboxylic acids is 1. The number of carboxylic acids is 1. The van der Waals surface area contributed by atoms with E-state index in [1.807, 2.05) is 0 Å². The van der Waals surface area contributed by atoms with E-state index in [4.69, 9.17) is 10.2 Å². The van der Waals surface area contributed by atoms with E-state index < -0.39 is 32.0 Å². The summed E-state index contributed by atoms with van der Waals surface area (Å²) >= 11 is 0. The van der Waals surface area contributed by atoms with Crippen molar-refractivity contribution in [3.8, 4) is 5.75 Å². The van der Waals surface area contributed by atoms with Gasteiger partial charge in [-0.05, 0) is 13.0 Å². The van der Waals surface area contributed by atoms with Gasteiger partial charge in [0.1, 0.15) is 17.6 Å². The maximum Gasteiger partial charge on any atom is 1.00 e. The van der Waals surface area contributed by atoms with Crippen LogP contribution in [0.25, 0.3) is 0 Å². The number of rotatable bonds is 8. The Hall–Kier alpha value is -0.440. The molecule has 1 rings (SSSR count). The van der Waals surface area contributed by atoms with Crippen LogP contribution in [0.2, 0.25) is 0 Å². The van der Waals surface area contributed by atoms with Gasteiger partial charge in [-0.15, -0.1) is 0 Å². The molecule has 0 aliphatic rings. The summed E-state index contributed by atoms with van der Waals surface area (Å²) in [6.45, 7) is 0.516. The largest absolute Gasteiger partial charge is 1.00 e. The Morgan fingerprint density at radius 1 is 1.45 bits per heavy atom. The Balaban J connectivity index is 0.00000441. The first kappa shape index (κ1) is 21.6. The van der Waals surface area contributed by atoms with Gasteiger partial charge < -0.3 is 29.3 Å². The molecule has 0 bridgehead atoms. The van der Waals surface area contributed by atoms with Gasteiger partial charge in [0.25, 0.3) is 0 Å². The second-order valence-corrected chi connectivity index (χ2v) is 6.01. The Morgan fingerprint density at radius 2 is 2.05 bits per heavy atom. The van der Waals surface area contributed by atoms with Crippen LogP contribution in [0.15, 0.2) is 24.3 Å². The monoisotopic (exact) mass is 341 g/mol. The van der Waals surface area contributed by atoms with Crippen molar-refractivity contribution >= 4 is 13.6 Å². The Bertz CT molecular complexity index is 542. The van der Waals surface area contributed by atoms with Crippen molar-refractivity contribution in [2.24, 2.45) is 0 Å². The zero-order valence-electron chi connectivity index (χ0n) is 12.3. The van der Waals surface area contributed by atoms with Gasteiger partial charge in [-0.25, -0.2) is 0 Å². The first-order chi connectivity index (χ1) is 9.83. The Kier molecular flexibility index (Phi) is 9.45. The first-order valence-corrected chi connectivity index (χ1v) is 7.77. The van der Waals surface area contributed by atoms with Gasteiger partial charge in [-0.1, -0.05) is 18.2 Å². The van der Waals surface area contributed by atoms with Crippen LogP contribution in [-0.2, 0) is 13.9 Å². The van der Waals surface area contributed by atoms with E-state index >= 15 is 0 Å². The van der Waals surface area contributed by atoms with E-state index in [1.165, 1.54) is 31.2 Å². The van der Waals surface area contributed by atoms with Crippen molar-refractivity contribution in [1.82, 2.24) is 5.32 Å². The fourth-order valence-electron chi connectivity index (χ4n) is 1.72. The van der Waals surface area contributed by atoms with Crippen molar-refractivity contribution in [3.05, 3.63) is 29.8 Å². The summed E-state index contributed by atoms with van der Waals surface area (Å²) in [7, 11) is -4.55. The zero-order valence-corrected chi connectivity index (χ0v) is 15.2. The van der Waals surface area contributed by atoms with Crippen LogP contribution in [0.1, 0.15) is 18.3 Å². The van der Waals surface area contributed by atoms with Gasteiger partial charge in [0, 0.05) is 5.56 Å². The summed E-state index contributed by atoms with van der Waals surface area (Å²) in [5, 5.41) is 30.0. The number of aliphatic hydroxyl groups is 1.